The topological polar surface area (TPSA) is 86.8 Å². The zero-order valence-electron chi connectivity index (χ0n) is 18.2. The van der Waals surface area contributed by atoms with E-state index in [4.69, 9.17) is 30.5 Å². The fourth-order valence-electron chi connectivity index (χ4n) is 3.22. The number of nitrogens with zero attached hydrogens (tertiary/aromatic N) is 2. The predicted molar refractivity (Wildman–Crippen MR) is 130 cm³/mol. The Bertz CT molecular complexity index is 1030. The van der Waals surface area contributed by atoms with Crippen LogP contribution < -0.4 is 24.8 Å². The number of morpholine rings is 1. The van der Waals surface area contributed by atoms with Gasteiger partial charge in [0.15, 0.2) is 11.5 Å². The maximum Gasteiger partial charge on any atom is 0.163 e. The first-order valence-electron chi connectivity index (χ1n) is 10.0. The molecule has 0 amide bonds. The van der Waals surface area contributed by atoms with Crippen LogP contribution in [0.4, 0.5) is 11.5 Å². The Balaban J connectivity index is 0.00000141. The van der Waals surface area contributed by atoms with Gasteiger partial charge in [0.1, 0.15) is 30.6 Å². The lowest BCUT2D eigenvalue weighted by molar-refractivity contribution is -0.000235. The van der Waals surface area contributed by atoms with Gasteiger partial charge in [0.05, 0.1) is 31.4 Å². The van der Waals surface area contributed by atoms with Crippen LogP contribution in [0.5, 0.6) is 17.2 Å². The molecule has 2 heterocycles. The Morgan fingerprint density at radius 3 is 2.66 bits per heavy atom. The summed E-state index contributed by atoms with van der Waals surface area (Å²) < 4.78 is 22.5. The SMILES string of the molecule is COc1cc(Nc2ncnc3cc(OCC4CNCCO4)c(OC)cc23)ccc1Cl.CS. The molecule has 1 atom stereocenters. The summed E-state index contributed by atoms with van der Waals surface area (Å²) in [5.41, 5.74) is 1.52. The molecule has 10 heteroatoms. The van der Waals surface area contributed by atoms with Crippen molar-refractivity contribution in [3.63, 3.8) is 0 Å². The summed E-state index contributed by atoms with van der Waals surface area (Å²) in [6, 6.07) is 9.13. The first-order chi connectivity index (χ1) is 15.7. The molecule has 0 spiro atoms. The lowest BCUT2D eigenvalue weighted by Crippen LogP contribution is -2.41. The van der Waals surface area contributed by atoms with Crippen molar-refractivity contribution in [2.45, 2.75) is 6.10 Å². The number of thiol groups is 1. The second-order valence-corrected chi connectivity index (χ2v) is 7.13. The first kappa shape index (κ1) is 24.2. The van der Waals surface area contributed by atoms with Gasteiger partial charge in [-0.1, -0.05) is 11.6 Å². The number of benzene rings is 2. The summed E-state index contributed by atoms with van der Waals surface area (Å²) in [6.07, 6.45) is 3.20. The van der Waals surface area contributed by atoms with Gasteiger partial charge in [-0.25, -0.2) is 9.97 Å². The monoisotopic (exact) mass is 478 g/mol. The molecule has 1 aromatic heterocycles. The van der Waals surface area contributed by atoms with Crippen LogP contribution in [0, 0.1) is 0 Å². The summed E-state index contributed by atoms with van der Waals surface area (Å²) in [4.78, 5) is 8.77. The minimum Gasteiger partial charge on any atom is -0.495 e. The smallest absolute Gasteiger partial charge is 0.163 e. The van der Waals surface area contributed by atoms with Crippen LogP contribution in [0.3, 0.4) is 0 Å². The maximum absolute atomic E-state index is 6.12. The number of nitrogens with one attached hydrogen (secondary N) is 2. The van der Waals surface area contributed by atoms with Crippen molar-refractivity contribution in [3.05, 3.63) is 41.7 Å². The van der Waals surface area contributed by atoms with Crippen LogP contribution >= 0.6 is 24.2 Å². The number of hydrogen-bond donors (Lipinski definition) is 3. The lowest BCUT2D eigenvalue weighted by atomic mass is 10.2. The largest absolute Gasteiger partial charge is 0.495 e. The third-order valence-electron chi connectivity index (χ3n) is 4.76. The van der Waals surface area contributed by atoms with E-state index >= 15 is 0 Å². The number of aromatic nitrogens is 2. The molecule has 3 aromatic rings. The van der Waals surface area contributed by atoms with Gasteiger partial charge in [-0.3, -0.25) is 0 Å². The van der Waals surface area contributed by atoms with E-state index in [1.54, 1.807) is 26.5 Å². The summed E-state index contributed by atoms with van der Waals surface area (Å²) in [5, 5.41) is 7.91. The number of fused-ring (bicyclic) bond motifs is 1. The van der Waals surface area contributed by atoms with Crippen molar-refractivity contribution in [1.29, 1.82) is 0 Å². The second-order valence-electron chi connectivity index (χ2n) is 6.72. The minimum absolute atomic E-state index is 0.00154. The van der Waals surface area contributed by atoms with Gasteiger partial charge in [0, 0.05) is 36.3 Å². The van der Waals surface area contributed by atoms with Gasteiger partial charge in [-0.15, -0.1) is 0 Å². The van der Waals surface area contributed by atoms with E-state index in [9.17, 15) is 0 Å². The molecule has 1 aliphatic rings. The van der Waals surface area contributed by atoms with Gasteiger partial charge < -0.3 is 29.6 Å². The van der Waals surface area contributed by atoms with E-state index in [0.717, 1.165) is 29.7 Å². The predicted octanol–water partition coefficient (Wildman–Crippen LogP) is 3.96. The summed E-state index contributed by atoms with van der Waals surface area (Å²) in [6.45, 7) is 2.73. The highest BCUT2D eigenvalue weighted by Gasteiger charge is 2.17. The fraction of sp³-hybridized carbons (Fsp3) is 0.364. The van der Waals surface area contributed by atoms with E-state index in [0.29, 0.717) is 41.3 Å². The number of hydrogen-bond acceptors (Lipinski definition) is 9. The molecular formula is C22H27ClN4O4S. The lowest BCUT2D eigenvalue weighted by Gasteiger charge is -2.24. The van der Waals surface area contributed by atoms with Gasteiger partial charge in [0.2, 0.25) is 0 Å². The van der Waals surface area contributed by atoms with Gasteiger partial charge in [0.25, 0.3) is 0 Å². The fourth-order valence-corrected chi connectivity index (χ4v) is 3.41. The van der Waals surface area contributed by atoms with Crippen molar-refractivity contribution in [2.75, 3.05) is 52.1 Å². The number of anilines is 2. The molecule has 0 saturated carbocycles. The van der Waals surface area contributed by atoms with Gasteiger partial charge in [-0.05, 0) is 24.5 Å². The highest BCUT2D eigenvalue weighted by atomic mass is 35.5. The molecule has 2 N–H and O–H groups in total. The van der Waals surface area contributed by atoms with E-state index in [1.807, 2.05) is 24.3 Å². The number of halogens is 1. The maximum atomic E-state index is 6.12. The molecule has 0 radical (unpaired) electrons. The average molecular weight is 479 g/mol. The average Bonchev–Trinajstić information content (AvgIpc) is 2.85. The molecule has 0 bridgehead atoms. The van der Waals surface area contributed by atoms with E-state index in [-0.39, 0.29) is 6.10 Å². The molecule has 172 valence electrons. The van der Waals surface area contributed by atoms with Crippen LogP contribution in [0.25, 0.3) is 10.9 Å². The third kappa shape index (κ3) is 5.86. The molecule has 0 aliphatic carbocycles. The molecule has 8 nitrogen and oxygen atoms in total. The minimum atomic E-state index is 0.00154. The number of methoxy groups -OCH3 is 2. The Hall–Kier alpha value is -2.46. The van der Waals surface area contributed by atoms with Crippen molar-refractivity contribution in [3.8, 4) is 17.2 Å². The van der Waals surface area contributed by atoms with Gasteiger partial charge in [-0.2, -0.15) is 12.6 Å². The Morgan fingerprint density at radius 1 is 1.12 bits per heavy atom. The van der Waals surface area contributed by atoms with Gasteiger partial charge >= 0.3 is 0 Å². The summed E-state index contributed by atoms with van der Waals surface area (Å²) in [7, 11) is 3.18. The molecule has 1 saturated heterocycles. The molecule has 2 aromatic carbocycles. The van der Waals surface area contributed by atoms with Crippen LogP contribution in [-0.2, 0) is 4.74 Å². The molecule has 1 fully saturated rings. The number of rotatable bonds is 7. The number of ether oxygens (including phenoxy) is 4. The molecule has 4 rings (SSSR count). The third-order valence-corrected chi connectivity index (χ3v) is 5.08. The van der Waals surface area contributed by atoms with Crippen molar-refractivity contribution < 1.29 is 18.9 Å². The molecule has 32 heavy (non-hydrogen) atoms. The molecule has 1 aliphatic heterocycles. The van der Waals surface area contributed by atoms with Crippen molar-refractivity contribution in [1.82, 2.24) is 15.3 Å². The van der Waals surface area contributed by atoms with Crippen molar-refractivity contribution >= 4 is 46.6 Å². The quantitative estimate of drug-likeness (QED) is 0.440. The highest BCUT2D eigenvalue weighted by Crippen LogP contribution is 2.35. The van der Waals surface area contributed by atoms with E-state index in [1.165, 1.54) is 6.33 Å². The van der Waals surface area contributed by atoms with Crippen LogP contribution in [-0.4, -0.2) is 62.9 Å². The van der Waals surface area contributed by atoms with Crippen LogP contribution in [0.15, 0.2) is 36.7 Å². The second kappa shape index (κ2) is 12.0. The first-order valence-corrected chi connectivity index (χ1v) is 11.3. The van der Waals surface area contributed by atoms with Crippen LogP contribution in [0.1, 0.15) is 0 Å². The van der Waals surface area contributed by atoms with Crippen molar-refractivity contribution in [2.24, 2.45) is 0 Å². The summed E-state index contributed by atoms with van der Waals surface area (Å²) >= 11 is 9.64. The van der Waals surface area contributed by atoms with E-state index in [2.05, 4.69) is 33.2 Å². The molecule has 1 unspecified atom stereocenters. The zero-order chi connectivity index (χ0) is 22.9. The Labute approximate surface area is 198 Å². The Morgan fingerprint density at radius 2 is 1.94 bits per heavy atom. The highest BCUT2D eigenvalue weighted by molar-refractivity contribution is 7.79. The zero-order valence-corrected chi connectivity index (χ0v) is 19.9. The molecular weight excluding hydrogens is 452 g/mol. The van der Waals surface area contributed by atoms with Crippen LogP contribution in [0.2, 0.25) is 5.02 Å². The summed E-state index contributed by atoms with van der Waals surface area (Å²) in [5.74, 6) is 2.41. The normalized spacial score (nSPS) is 15.5. The van der Waals surface area contributed by atoms with E-state index < -0.39 is 0 Å². The Kier molecular flexibility index (Phi) is 9.04. The standard InChI is InChI=1S/C21H23ClN4O4.CH4S/c1-27-18-7-13(3-4-16(18)22)26-21-15-8-19(28-2)20(9-17(15)24-12-25-21)30-11-14-10-23-5-6-29-14;1-2/h3-4,7-9,12,14,23H,5-6,10-11H2,1-2H3,(H,24,25,26);2H,1H3.